The van der Waals surface area contributed by atoms with E-state index in [0.717, 1.165) is 75.5 Å². The lowest BCUT2D eigenvalue weighted by molar-refractivity contribution is -0.157. The van der Waals surface area contributed by atoms with Crippen LogP contribution >= 0.6 is 0 Å². The summed E-state index contributed by atoms with van der Waals surface area (Å²) in [5, 5.41) is 8.43. The second-order valence-corrected chi connectivity index (χ2v) is 8.99. The lowest BCUT2D eigenvalue weighted by Gasteiger charge is -2.31. The van der Waals surface area contributed by atoms with Crippen LogP contribution in [0, 0.1) is 23.2 Å². The van der Waals surface area contributed by atoms with Crippen LogP contribution in [0.2, 0.25) is 0 Å². The minimum absolute atomic E-state index is 0.0923. The van der Waals surface area contributed by atoms with E-state index in [-0.39, 0.29) is 23.9 Å². The summed E-state index contributed by atoms with van der Waals surface area (Å²) in [6.45, 7) is 0. The Bertz CT molecular complexity index is 825. The Morgan fingerprint density at radius 1 is 1.03 bits per heavy atom. The SMILES string of the molecule is N#C/C(F)=C\CCC1CCC(C(=O)OC2CCC(c3ccc(C(F)(F)F)cc3)CC2)CC1. The van der Waals surface area contributed by atoms with Crippen molar-refractivity contribution in [3.8, 4) is 6.07 Å². The van der Waals surface area contributed by atoms with E-state index in [2.05, 4.69) is 0 Å². The van der Waals surface area contributed by atoms with Crippen LogP contribution in [0.1, 0.15) is 81.3 Å². The molecule has 1 aromatic rings. The van der Waals surface area contributed by atoms with Gasteiger partial charge >= 0.3 is 12.1 Å². The summed E-state index contributed by atoms with van der Waals surface area (Å²) in [4.78, 5) is 12.6. The van der Waals surface area contributed by atoms with Gasteiger partial charge in [0.25, 0.3) is 0 Å². The Kier molecular flexibility index (Phi) is 8.33. The van der Waals surface area contributed by atoms with Gasteiger partial charge in [-0.1, -0.05) is 12.1 Å². The monoisotopic (exact) mass is 451 g/mol. The molecule has 2 saturated carbocycles. The number of hydrogen-bond donors (Lipinski definition) is 0. The summed E-state index contributed by atoms with van der Waals surface area (Å²) < 4.78 is 56.8. The van der Waals surface area contributed by atoms with Crippen molar-refractivity contribution in [2.45, 2.75) is 82.4 Å². The highest BCUT2D eigenvalue weighted by Crippen LogP contribution is 2.37. The molecule has 0 spiro atoms. The molecule has 2 aliphatic rings. The molecule has 0 bridgehead atoms. The quantitative estimate of drug-likeness (QED) is 0.260. The first kappa shape index (κ1) is 24.3. The smallest absolute Gasteiger partial charge is 0.416 e. The van der Waals surface area contributed by atoms with Crippen LogP contribution in [-0.4, -0.2) is 12.1 Å². The number of carbonyl (C=O) groups is 1. The topological polar surface area (TPSA) is 50.1 Å². The second-order valence-electron chi connectivity index (χ2n) is 8.99. The lowest BCUT2D eigenvalue weighted by Crippen LogP contribution is -2.29. The van der Waals surface area contributed by atoms with E-state index in [1.165, 1.54) is 12.1 Å². The Morgan fingerprint density at radius 3 is 2.22 bits per heavy atom. The number of alkyl halides is 3. The highest BCUT2D eigenvalue weighted by molar-refractivity contribution is 5.72. The van der Waals surface area contributed by atoms with Gasteiger partial charge in [-0.15, -0.1) is 0 Å². The van der Waals surface area contributed by atoms with Gasteiger partial charge in [-0.3, -0.25) is 4.79 Å². The molecule has 32 heavy (non-hydrogen) atoms. The molecule has 3 rings (SSSR count). The summed E-state index contributed by atoms with van der Waals surface area (Å²) in [7, 11) is 0. The highest BCUT2D eigenvalue weighted by Gasteiger charge is 2.32. The number of allylic oxidation sites excluding steroid dienone is 2. The Labute approximate surface area is 186 Å². The van der Waals surface area contributed by atoms with Gasteiger partial charge in [-0.05, 0) is 99.8 Å². The van der Waals surface area contributed by atoms with E-state index >= 15 is 0 Å². The fraction of sp³-hybridized carbons (Fsp3) is 0.600. The van der Waals surface area contributed by atoms with Crippen molar-refractivity contribution in [2.75, 3.05) is 0 Å². The summed E-state index contributed by atoms with van der Waals surface area (Å²) >= 11 is 0. The number of esters is 1. The Balaban J connectivity index is 1.38. The van der Waals surface area contributed by atoms with Gasteiger partial charge in [0.05, 0.1) is 11.5 Å². The standard InChI is InChI=1S/C25H29F4NO2/c26-22(16-30)3-1-2-17-4-6-20(7-5-17)24(31)32-23-14-10-19(11-15-23)18-8-12-21(13-9-18)25(27,28)29/h3,8-9,12-13,17,19-20,23H,1-2,4-7,10-11,14-15H2/b22-3+. The molecule has 0 radical (unpaired) electrons. The third kappa shape index (κ3) is 6.82. The van der Waals surface area contributed by atoms with Crippen LogP contribution in [0.25, 0.3) is 0 Å². The molecule has 0 unspecified atom stereocenters. The van der Waals surface area contributed by atoms with E-state index in [9.17, 15) is 22.4 Å². The zero-order chi connectivity index (χ0) is 23.1. The molecule has 174 valence electrons. The molecule has 7 heteroatoms. The number of ether oxygens (including phenoxy) is 1. The number of carbonyl (C=O) groups excluding carboxylic acids is 1. The van der Waals surface area contributed by atoms with Gasteiger partial charge in [-0.25, -0.2) is 0 Å². The minimum atomic E-state index is -4.32. The third-order valence-electron chi connectivity index (χ3n) is 6.85. The maximum Gasteiger partial charge on any atom is 0.416 e. The normalized spacial score (nSPS) is 26.9. The molecule has 3 nitrogen and oxygen atoms in total. The van der Waals surface area contributed by atoms with E-state index < -0.39 is 17.6 Å². The Morgan fingerprint density at radius 2 is 1.66 bits per heavy atom. The van der Waals surface area contributed by atoms with E-state index in [1.54, 1.807) is 12.1 Å². The van der Waals surface area contributed by atoms with Crippen LogP contribution in [0.3, 0.4) is 0 Å². The molecule has 0 amide bonds. The van der Waals surface area contributed by atoms with Crippen LogP contribution < -0.4 is 0 Å². The van der Waals surface area contributed by atoms with Crippen molar-refractivity contribution in [3.05, 3.63) is 47.3 Å². The molecule has 1 aromatic carbocycles. The number of halogens is 4. The molecule has 0 atom stereocenters. The van der Waals surface area contributed by atoms with Crippen LogP contribution in [0.5, 0.6) is 0 Å². The second kappa shape index (κ2) is 11.0. The Hall–Kier alpha value is -2.36. The van der Waals surface area contributed by atoms with Crippen LogP contribution in [0.15, 0.2) is 36.2 Å². The largest absolute Gasteiger partial charge is 0.462 e. The van der Waals surface area contributed by atoms with Crippen molar-refractivity contribution in [1.29, 1.82) is 5.26 Å². The molecular formula is C25H29F4NO2. The van der Waals surface area contributed by atoms with Crippen molar-refractivity contribution >= 4 is 5.97 Å². The van der Waals surface area contributed by atoms with Gasteiger partial charge in [0, 0.05) is 0 Å². The third-order valence-corrected chi connectivity index (χ3v) is 6.85. The van der Waals surface area contributed by atoms with Crippen LogP contribution in [0.4, 0.5) is 17.6 Å². The first-order valence-corrected chi connectivity index (χ1v) is 11.4. The molecule has 0 N–H and O–H groups in total. The molecular weight excluding hydrogens is 422 g/mol. The van der Waals surface area contributed by atoms with Gasteiger partial charge < -0.3 is 4.74 Å². The fourth-order valence-corrected chi connectivity index (χ4v) is 4.90. The van der Waals surface area contributed by atoms with Crippen LogP contribution in [-0.2, 0) is 15.7 Å². The average molecular weight is 452 g/mol. The number of nitrogens with zero attached hydrogens (tertiary/aromatic N) is 1. The first-order chi connectivity index (χ1) is 15.3. The number of rotatable bonds is 6. The van der Waals surface area contributed by atoms with Gasteiger partial charge in [-0.2, -0.15) is 22.8 Å². The maximum absolute atomic E-state index is 12.9. The zero-order valence-corrected chi connectivity index (χ0v) is 18.0. The predicted molar refractivity (Wildman–Crippen MR) is 112 cm³/mol. The van der Waals surface area contributed by atoms with Crippen molar-refractivity contribution in [1.82, 2.24) is 0 Å². The average Bonchev–Trinajstić information content (AvgIpc) is 2.79. The van der Waals surface area contributed by atoms with Crippen molar-refractivity contribution in [2.24, 2.45) is 11.8 Å². The minimum Gasteiger partial charge on any atom is -0.462 e. The molecule has 0 aliphatic heterocycles. The maximum atomic E-state index is 12.9. The lowest BCUT2D eigenvalue weighted by atomic mass is 9.79. The summed E-state index contributed by atoms with van der Waals surface area (Å²) in [5.41, 5.74) is 0.273. The van der Waals surface area contributed by atoms with E-state index in [0.29, 0.717) is 12.3 Å². The summed E-state index contributed by atoms with van der Waals surface area (Å²) in [6, 6.07) is 6.86. The number of nitriles is 1. The first-order valence-electron chi connectivity index (χ1n) is 11.4. The van der Waals surface area contributed by atoms with Gasteiger partial charge in [0.2, 0.25) is 0 Å². The number of hydrogen-bond acceptors (Lipinski definition) is 3. The zero-order valence-electron chi connectivity index (χ0n) is 18.0. The van der Waals surface area contributed by atoms with Gasteiger partial charge in [0.15, 0.2) is 5.83 Å². The highest BCUT2D eigenvalue weighted by atomic mass is 19.4. The molecule has 2 aliphatic carbocycles. The fourth-order valence-electron chi connectivity index (χ4n) is 4.90. The summed E-state index contributed by atoms with van der Waals surface area (Å²) in [5.74, 6) is -0.332. The van der Waals surface area contributed by atoms with Gasteiger partial charge in [0.1, 0.15) is 12.2 Å². The summed E-state index contributed by atoms with van der Waals surface area (Å²) in [6.07, 6.45) is 4.64. The van der Waals surface area contributed by atoms with Crippen molar-refractivity contribution < 1.29 is 27.1 Å². The molecule has 0 aromatic heterocycles. The molecule has 0 heterocycles. The number of benzene rings is 1. The molecule has 0 saturated heterocycles. The predicted octanol–water partition coefficient (Wildman–Crippen LogP) is 7.24. The van der Waals surface area contributed by atoms with E-state index in [4.69, 9.17) is 10.00 Å². The van der Waals surface area contributed by atoms with E-state index in [1.807, 2.05) is 0 Å². The molecule has 2 fully saturated rings. The van der Waals surface area contributed by atoms with Crippen molar-refractivity contribution in [3.63, 3.8) is 0 Å².